The first kappa shape index (κ1) is 25.2. The highest BCUT2D eigenvalue weighted by Gasteiger charge is 2.46. The molecule has 1 aromatic heterocycles. The van der Waals surface area contributed by atoms with Crippen molar-refractivity contribution in [1.29, 1.82) is 0 Å². The molecule has 1 saturated heterocycles. The van der Waals surface area contributed by atoms with E-state index in [1.165, 1.54) is 12.1 Å². The average molecular weight is 518 g/mol. The third-order valence-corrected chi connectivity index (χ3v) is 8.28. The summed E-state index contributed by atoms with van der Waals surface area (Å²) in [5, 5.41) is 3.88. The predicted molar refractivity (Wildman–Crippen MR) is 124 cm³/mol. The highest BCUT2D eigenvalue weighted by molar-refractivity contribution is 7.89. The molecular formula is C23H27ClF3N3O3S. The van der Waals surface area contributed by atoms with E-state index in [0.29, 0.717) is 23.7 Å². The number of hydrogen-bond donors (Lipinski definition) is 2. The van der Waals surface area contributed by atoms with Crippen LogP contribution in [0.5, 0.6) is 0 Å². The van der Waals surface area contributed by atoms with Crippen LogP contribution in [0.25, 0.3) is 0 Å². The van der Waals surface area contributed by atoms with Crippen molar-refractivity contribution in [1.82, 2.24) is 9.71 Å². The molecule has 1 aromatic carbocycles. The van der Waals surface area contributed by atoms with Crippen molar-refractivity contribution < 1.29 is 26.3 Å². The monoisotopic (exact) mass is 517 g/mol. The summed E-state index contributed by atoms with van der Waals surface area (Å²) in [4.78, 5) is 4.18. The number of benzene rings is 1. The Balaban J connectivity index is 1.53. The molecule has 0 bridgehead atoms. The first-order chi connectivity index (χ1) is 16.0. The van der Waals surface area contributed by atoms with Crippen molar-refractivity contribution >= 4 is 27.4 Å². The Morgan fingerprint density at radius 1 is 1.21 bits per heavy atom. The maximum absolute atomic E-state index is 13.3. The van der Waals surface area contributed by atoms with Gasteiger partial charge in [-0.2, -0.15) is 13.2 Å². The van der Waals surface area contributed by atoms with E-state index in [-0.39, 0.29) is 35.7 Å². The van der Waals surface area contributed by atoms with E-state index in [1.807, 2.05) is 24.3 Å². The largest absolute Gasteiger partial charge is 0.391 e. The van der Waals surface area contributed by atoms with Crippen molar-refractivity contribution in [3.8, 4) is 0 Å². The highest BCUT2D eigenvalue weighted by atomic mass is 35.5. The van der Waals surface area contributed by atoms with Crippen LogP contribution in [0.15, 0.2) is 41.3 Å². The number of halogens is 4. The van der Waals surface area contributed by atoms with Gasteiger partial charge in [-0.05, 0) is 62.3 Å². The summed E-state index contributed by atoms with van der Waals surface area (Å²) in [5.41, 5.74) is -0.113. The van der Waals surface area contributed by atoms with E-state index in [1.54, 1.807) is 6.92 Å². The average Bonchev–Trinajstić information content (AvgIpc) is 2.70. The second-order valence-corrected chi connectivity index (χ2v) is 11.2. The molecule has 6 nitrogen and oxygen atoms in total. The van der Waals surface area contributed by atoms with Crippen molar-refractivity contribution in [2.45, 2.75) is 67.6 Å². The summed E-state index contributed by atoms with van der Waals surface area (Å²) in [7, 11) is -4.32. The summed E-state index contributed by atoms with van der Waals surface area (Å²) in [6.07, 6.45) is -4.01. The third-order valence-electron chi connectivity index (χ3n) is 6.32. The Bertz CT molecular complexity index is 1130. The lowest BCUT2D eigenvalue weighted by Crippen LogP contribution is -2.56. The molecule has 0 amide bonds. The molecule has 186 valence electrons. The molecule has 1 aliphatic heterocycles. The zero-order chi connectivity index (χ0) is 24.6. The van der Waals surface area contributed by atoms with Crippen LogP contribution < -0.4 is 10.0 Å². The number of nitrogens with one attached hydrogen (secondary N) is 2. The van der Waals surface area contributed by atoms with Gasteiger partial charge in [0.25, 0.3) is 0 Å². The number of ether oxygens (including phenoxy) is 1. The van der Waals surface area contributed by atoms with E-state index in [2.05, 4.69) is 15.0 Å². The topological polar surface area (TPSA) is 80.3 Å². The second-order valence-electron chi connectivity index (χ2n) is 9.16. The molecule has 2 heterocycles. The second kappa shape index (κ2) is 9.64. The van der Waals surface area contributed by atoms with Gasteiger partial charge in [-0.3, -0.25) is 0 Å². The van der Waals surface area contributed by atoms with Crippen molar-refractivity contribution in [2.24, 2.45) is 0 Å². The molecule has 4 rings (SSSR count). The Kier molecular flexibility index (Phi) is 7.15. The number of nitrogens with zero attached hydrogens (tertiary/aromatic N) is 1. The molecule has 2 aliphatic rings. The SMILES string of the molecule is Cc1ccc(S(=O)(=O)NC2(CC(F)(F)F)CCCOC2)c(NC2CC(c3ccccc3Cl)C2)n1. The van der Waals surface area contributed by atoms with E-state index in [9.17, 15) is 21.6 Å². The maximum atomic E-state index is 13.3. The Labute approximate surface area is 202 Å². The zero-order valence-electron chi connectivity index (χ0n) is 18.7. The minimum atomic E-state index is -4.55. The summed E-state index contributed by atoms with van der Waals surface area (Å²) in [5.74, 6) is 0.373. The fraction of sp³-hybridized carbons (Fsp3) is 0.522. The molecule has 2 aromatic rings. The zero-order valence-corrected chi connectivity index (χ0v) is 20.2. The van der Waals surface area contributed by atoms with Crippen LogP contribution in [0.3, 0.4) is 0 Å². The molecule has 11 heteroatoms. The van der Waals surface area contributed by atoms with Gasteiger partial charge in [0.05, 0.1) is 18.6 Å². The predicted octanol–water partition coefficient (Wildman–Crippen LogP) is 5.18. The van der Waals surface area contributed by atoms with Gasteiger partial charge in [-0.15, -0.1) is 0 Å². The van der Waals surface area contributed by atoms with Gasteiger partial charge in [-0.25, -0.2) is 18.1 Å². The molecule has 0 radical (unpaired) electrons. The normalized spacial score (nSPS) is 25.6. The lowest BCUT2D eigenvalue weighted by Gasteiger charge is -2.39. The minimum Gasteiger partial charge on any atom is -0.379 e. The molecule has 2 fully saturated rings. The maximum Gasteiger partial charge on any atom is 0.391 e. The third kappa shape index (κ3) is 5.84. The van der Waals surface area contributed by atoms with Gasteiger partial charge in [0.1, 0.15) is 10.7 Å². The number of pyridine rings is 1. The lowest BCUT2D eigenvalue weighted by atomic mass is 9.76. The fourth-order valence-corrected chi connectivity index (χ4v) is 6.49. The standard InChI is InChI=1S/C23H27ClF3N3O3S/c1-15-7-8-20(34(31,32)30-22(13-23(25,26)27)9-4-10-33-14-22)21(28-15)29-17-11-16(12-17)18-5-2-3-6-19(18)24/h2-3,5-8,16-17,30H,4,9-14H2,1H3,(H,28,29). The van der Waals surface area contributed by atoms with Crippen LogP contribution in [-0.4, -0.2) is 44.4 Å². The van der Waals surface area contributed by atoms with E-state index >= 15 is 0 Å². The molecule has 34 heavy (non-hydrogen) atoms. The van der Waals surface area contributed by atoms with Crippen molar-refractivity contribution in [3.05, 3.63) is 52.7 Å². The number of anilines is 1. The van der Waals surface area contributed by atoms with Crippen molar-refractivity contribution in [3.63, 3.8) is 0 Å². The molecule has 2 N–H and O–H groups in total. The fourth-order valence-electron chi connectivity index (χ4n) is 4.69. The Morgan fingerprint density at radius 2 is 1.94 bits per heavy atom. The minimum absolute atomic E-state index is 0.0355. The number of sulfonamides is 1. The molecule has 1 aliphatic carbocycles. The van der Waals surface area contributed by atoms with Crippen LogP contribution in [0.1, 0.15) is 49.3 Å². The first-order valence-electron chi connectivity index (χ1n) is 11.1. The van der Waals surface area contributed by atoms with Gasteiger partial charge in [-0.1, -0.05) is 29.8 Å². The lowest BCUT2D eigenvalue weighted by molar-refractivity contribution is -0.159. The number of aryl methyl sites for hydroxylation is 1. The quantitative estimate of drug-likeness (QED) is 0.529. The van der Waals surface area contributed by atoms with Gasteiger partial charge in [0, 0.05) is 23.4 Å². The smallest absolute Gasteiger partial charge is 0.379 e. The van der Waals surface area contributed by atoms with E-state index < -0.39 is 28.2 Å². The number of hydrogen-bond acceptors (Lipinski definition) is 5. The van der Waals surface area contributed by atoms with Gasteiger partial charge in [0.2, 0.25) is 10.0 Å². The van der Waals surface area contributed by atoms with Gasteiger partial charge in [0.15, 0.2) is 0 Å². The van der Waals surface area contributed by atoms with E-state index in [4.69, 9.17) is 16.3 Å². The summed E-state index contributed by atoms with van der Waals surface area (Å²) < 4.78 is 74.1. The van der Waals surface area contributed by atoms with Crippen LogP contribution in [0.2, 0.25) is 5.02 Å². The number of rotatable bonds is 7. The molecule has 1 saturated carbocycles. The van der Waals surface area contributed by atoms with Crippen LogP contribution >= 0.6 is 11.6 Å². The number of alkyl halides is 3. The summed E-state index contributed by atoms with van der Waals surface area (Å²) in [6, 6.07) is 10.5. The van der Waals surface area contributed by atoms with Gasteiger partial charge >= 0.3 is 6.18 Å². The summed E-state index contributed by atoms with van der Waals surface area (Å²) in [6.45, 7) is 1.69. The number of aromatic nitrogens is 1. The Morgan fingerprint density at radius 3 is 2.59 bits per heavy atom. The highest BCUT2D eigenvalue weighted by Crippen LogP contribution is 2.42. The summed E-state index contributed by atoms with van der Waals surface area (Å²) >= 11 is 6.29. The molecule has 1 atom stereocenters. The van der Waals surface area contributed by atoms with Crippen LogP contribution in [0.4, 0.5) is 19.0 Å². The first-order valence-corrected chi connectivity index (χ1v) is 13.0. The van der Waals surface area contributed by atoms with Crippen molar-refractivity contribution in [2.75, 3.05) is 18.5 Å². The van der Waals surface area contributed by atoms with Gasteiger partial charge < -0.3 is 10.1 Å². The molecular weight excluding hydrogens is 491 g/mol. The molecule has 1 unspecified atom stereocenters. The molecule has 0 spiro atoms. The van der Waals surface area contributed by atoms with Crippen LogP contribution in [0, 0.1) is 6.92 Å². The van der Waals surface area contributed by atoms with Crippen LogP contribution in [-0.2, 0) is 14.8 Å². The van der Waals surface area contributed by atoms with E-state index in [0.717, 1.165) is 18.4 Å². The Hall–Kier alpha value is -1.88.